The van der Waals surface area contributed by atoms with Gasteiger partial charge in [0, 0.05) is 22.3 Å². The van der Waals surface area contributed by atoms with E-state index in [0.29, 0.717) is 20.2 Å². The van der Waals surface area contributed by atoms with Gasteiger partial charge in [0.2, 0.25) is 0 Å². The van der Waals surface area contributed by atoms with Gasteiger partial charge in [-0.15, -0.1) is 0 Å². The zero-order chi connectivity index (χ0) is 23.4. The van der Waals surface area contributed by atoms with Gasteiger partial charge in [0.1, 0.15) is 16.9 Å². The second kappa shape index (κ2) is 10.5. The summed E-state index contributed by atoms with van der Waals surface area (Å²) >= 11 is 21.2. The molecular weight excluding hydrogens is 545 g/mol. The number of hydrogen-bond acceptors (Lipinski definition) is 5. The molecule has 32 heavy (non-hydrogen) atoms. The highest BCUT2D eigenvalue weighted by molar-refractivity contribution is 9.10. The van der Waals surface area contributed by atoms with Crippen LogP contribution in [0.1, 0.15) is 26.4 Å². The Morgan fingerprint density at radius 1 is 1.25 bits per heavy atom. The fraction of sp³-hybridized carbons (Fsp3) is 0.100. The molecule has 2 heterocycles. The minimum atomic E-state index is -0.633. The number of hydrogen-bond donors (Lipinski definition) is 2. The van der Waals surface area contributed by atoms with Crippen molar-refractivity contribution in [2.45, 2.75) is 6.92 Å². The van der Waals surface area contributed by atoms with E-state index in [1.54, 1.807) is 25.1 Å². The van der Waals surface area contributed by atoms with Crippen molar-refractivity contribution in [3.63, 3.8) is 0 Å². The highest BCUT2D eigenvalue weighted by atomic mass is 79.9. The van der Waals surface area contributed by atoms with Crippen LogP contribution in [0.15, 0.2) is 52.7 Å². The number of nitrogens with zero attached hydrogens (tertiary/aromatic N) is 3. The fourth-order valence-corrected chi connectivity index (χ4v) is 3.61. The summed E-state index contributed by atoms with van der Waals surface area (Å²) < 4.78 is 1.69. The molecule has 0 saturated heterocycles. The molecule has 0 aliphatic carbocycles. The molecule has 12 heteroatoms. The molecule has 0 aliphatic heterocycles. The molecular formula is C20H15BrCl3N5O3. The fourth-order valence-electron chi connectivity index (χ4n) is 2.71. The first kappa shape index (κ1) is 24.2. The van der Waals surface area contributed by atoms with E-state index in [4.69, 9.17) is 39.6 Å². The first-order chi connectivity index (χ1) is 15.2. The first-order valence-corrected chi connectivity index (χ1v) is 10.8. The Balaban J connectivity index is 1.95. The van der Waals surface area contributed by atoms with E-state index in [9.17, 15) is 9.59 Å². The predicted octanol–water partition coefficient (Wildman–Crippen LogP) is 5.31. The van der Waals surface area contributed by atoms with E-state index < -0.39 is 11.8 Å². The number of nitrogens with one attached hydrogen (secondary N) is 2. The number of rotatable bonds is 7. The number of carbonyl (C=O) groups is 2. The van der Waals surface area contributed by atoms with Gasteiger partial charge in [0.05, 0.1) is 16.3 Å². The van der Waals surface area contributed by atoms with Gasteiger partial charge in [0.25, 0.3) is 11.8 Å². The zero-order valence-corrected chi connectivity index (χ0v) is 20.3. The number of carbonyl (C=O) groups excluding carboxylic acids is 2. The van der Waals surface area contributed by atoms with Gasteiger partial charge in [-0.25, -0.2) is 15.1 Å². The molecule has 3 aromatic rings. The third-order valence-corrected chi connectivity index (χ3v) is 5.04. The quantitative estimate of drug-likeness (QED) is 0.383. The summed E-state index contributed by atoms with van der Waals surface area (Å²) in [6, 6.07) is 7.80. The molecule has 0 saturated carbocycles. The van der Waals surface area contributed by atoms with Crippen LogP contribution in [-0.2, 0) is 4.84 Å². The maximum absolute atomic E-state index is 13.2. The van der Waals surface area contributed by atoms with Crippen LogP contribution in [0.5, 0.6) is 0 Å². The van der Waals surface area contributed by atoms with Crippen molar-refractivity contribution in [2.24, 2.45) is 0 Å². The number of anilines is 1. The SMILES string of the molecule is C=C(Cl)CONC(=O)c1cc(Cl)cc(C)c1NC(=O)c1cc(Br)nn1-c1ncccc1Cl. The third-order valence-electron chi connectivity index (χ3n) is 4.03. The maximum Gasteiger partial charge on any atom is 0.277 e. The lowest BCUT2D eigenvalue weighted by atomic mass is 10.1. The monoisotopic (exact) mass is 557 g/mol. The van der Waals surface area contributed by atoms with Crippen molar-refractivity contribution in [3.05, 3.63) is 79.6 Å². The molecule has 0 aliphatic rings. The molecule has 0 unspecified atom stereocenters. The Bertz CT molecular complexity index is 1220. The van der Waals surface area contributed by atoms with Gasteiger partial charge in [-0.1, -0.05) is 41.4 Å². The van der Waals surface area contributed by atoms with Crippen LogP contribution in [0, 0.1) is 6.92 Å². The second-order valence-corrected chi connectivity index (χ2v) is 8.60. The van der Waals surface area contributed by atoms with E-state index in [1.807, 2.05) is 0 Å². The Morgan fingerprint density at radius 3 is 2.69 bits per heavy atom. The van der Waals surface area contributed by atoms with E-state index in [1.165, 1.54) is 23.0 Å². The average Bonchev–Trinajstić information content (AvgIpc) is 3.11. The topological polar surface area (TPSA) is 98.1 Å². The lowest BCUT2D eigenvalue weighted by Gasteiger charge is -2.15. The third kappa shape index (κ3) is 5.67. The summed E-state index contributed by atoms with van der Waals surface area (Å²) in [4.78, 5) is 35.0. The second-order valence-electron chi connectivity index (χ2n) is 6.41. The van der Waals surface area contributed by atoms with Crippen LogP contribution in [0.3, 0.4) is 0 Å². The molecule has 2 aromatic heterocycles. The van der Waals surface area contributed by atoms with E-state index in [2.05, 4.69) is 43.4 Å². The summed E-state index contributed by atoms with van der Waals surface area (Å²) in [5, 5.41) is 7.79. The van der Waals surface area contributed by atoms with Crippen molar-refractivity contribution in [3.8, 4) is 5.82 Å². The van der Waals surface area contributed by atoms with Crippen molar-refractivity contribution in [1.82, 2.24) is 20.2 Å². The van der Waals surface area contributed by atoms with Crippen LogP contribution < -0.4 is 10.8 Å². The first-order valence-electron chi connectivity index (χ1n) is 8.90. The molecule has 0 bridgehead atoms. The highest BCUT2D eigenvalue weighted by Gasteiger charge is 2.22. The highest BCUT2D eigenvalue weighted by Crippen LogP contribution is 2.27. The van der Waals surface area contributed by atoms with Gasteiger partial charge >= 0.3 is 0 Å². The number of halogens is 4. The lowest BCUT2D eigenvalue weighted by molar-refractivity contribution is 0.0414. The van der Waals surface area contributed by atoms with Crippen LogP contribution in [-0.4, -0.2) is 33.2 Å². The van der Waals surface area contributed by atoms with E-state index in [-0.39, 0.29) is 34.4 Å². The van der Waals surface area contributed by atoms with Crippen LogP contribution in [0.25, 0.3) is 5.82 Å². The maximum atomic E-state index is 13.2. The van der Waals surface area contributed by atoms with Crippen molar-refractivity contribution in [1.29, 1.82) is 0 Å². The van der Waals surface area contributed by atoms with Crippen LogP contribution in [0.4, 0.5) is 5.69 Å². The smallest absolute Gasteiger partial charge is 0.277 e. The van der Waals surface area contributed by atoms with E-state index in [0.717, 1.165) is 0 Å². The lowest BCUT2D eigenvalue weighted by Crippen LogP contribution is -2.27. The number of hydroxylamine groups is 1. The summed E-state index contributed by atoms with van der Waals surface area (Å²) in [6.45, 7) is 5.08. The van der Waals surface area contributed by atoms with Crippen LogP contribution >= 0.6 is 50.7 Å². The molecule has 1 aromatic carbocycles. The largest absolute Gasteiger partial charge is 0.320 e. The molecule has 8 nitrogen and oxygen atoms in total. The van der Waals surface area contributed by atoms with Gasteiger partial charge in [-0.05, 0) is 52.7 Å². The Labute approximate surface area is 206 Å². The van der Waals surface area contributed by atoms with Crippen molar-refractivity contribution >= 4 is 68.2 Å². The molecule has 0 atom stereocenters. The Kier molecular flexibility index (Phi) is 7.91. The minimum Gasteiger partial charge on any atom is -0.320 e. The number of amides is 2. The summed E-state index contributed by atoms with van der Waals surface area (Å²) in [7, 11) is 0. The minimum absolute atomic E-state index is 0.0875. The van der Waals surface area contributed by atoms with Gasteiger partial charge < -0.3 is 5.32 Å². The zero-order valence-electron chi connectivity index (χ0n) is 16.5. The molecule has 3 rings (SSSR count). The van der Waals surface area contributed by atoms with Gasteiger partial charge in [-0.2, -0.15) is 5.10 Å². The summed E-state index contributed by atoms with van der Waals surface area (Å²) in [6.07, 6.45) is 1.53. The van der Waals surface area contributed by atoms with E-state index >= 15 is 0 Å². The average molecular weight is 560 g/mol. The molecule has 2 amide bonds. The molecule has 166 valence electrons. The number of benzene rings is 1. The van der Waals surface area contributed by atoms with Crippen molar-refractivity contribution in [2.75, 3.05) is 11.9 Å². The predicted molar refractivity (Wildman–Crippen MR) is 127 cm³/mol. The van der Waals surface area contributed by atoms with Gasteiger partial charge in [-0.3, -0.25) is 14.4 Å². The number of aryl methyl sites for hydroxylation is 1. The molecule has 0 spiro atoms. The Morgan fingerprint density at radius 2 is 2.00 bits per heavy atom. The summed E-state index contributed by atoms with van der Waals surface area (Å²) in [5.41, 5.74) is 3.25. The molecule has 0 radical (unpaired) electrons. The molecule has 0 fully saturated rings. The summed E-state index contributed by atoms with van der Waals surface area (Å²) in [5.74, 6) is -0.920. The Hall–Kier alpha value is -2.43. The number of pyridine rings is 1. The standard InChI is InChI=1S/C20H15BrCl3N5O3/c1-10-6-12(23)7-13(19(30)28-32-9-11(2)22)17(10)26-20(31)15-8-16(21)27-29(15)18-14(24)4-3-5-25-18/h3-8H,2,9H2,1H3,(H,26,31)(H,28,30). The van der Waals surface area contributed by atoms with Gasteiger partial charge in [0.15, 0.2) is 5.82 Å². The number of aromatic nitrogens is 3. The van der Waals surface area contributed by atoms with Crippen molar-refractivity contribution < 1.29 is 14.4 Å². The van der Waals surface area contributed by atoms with Crippen LogP contribution in [0.2, 0.25) is 10.0 Å². The molecule has 2 N–H and O–H groups in total. The normalized spacial score (nSPS) is 10.7.